The fourth-order valence-electron chi connectivity index (χ4n) is 2.51. The average Bonchev–Trinajstić information content (AvgIpc) is 3.07. The van der Waals surface area contributed by atoms with Crippen LogP contribution in [0.3, 0.4) is 0 Å². The molecule has 2 rings (SSSR count). The van der Waals surface area contributed by atoms with Gasteiger partial charge in [0.05, 0.1) is 12.6 Å². The Morgan fingerprint density at radius 1 is 1.37 bits per heavy atom. The molecule has 1 unspecified atom stereocenters. The van der Waals surface area contributed by atoms with Crippen molar-refractivity contribution in [2.45, 2.75) is 39.8 Å². The summed E-state index contributed by atoms with van der Waals surface area (Å²) >= 11 is 6.30. The van der Waals surface area contributed by atoms with Gasteiger partial charge in [0.1, 0.15) is 12.2 Å². The third-order valence-corrected chi connectivity index (χ3v) is 4.23. The molecule has 2 N–H and O–H groups in total. The molecule has 8 heteroatoms. The number of rotatable bonds is 8. The Morgan fingerprint density at radius 2 is 2.11 bits per heavy atom. The summed E-state index contributed by atoms with van der Waals surface area (Å²) in [5, 5.41) is 15.6. The summed E-state index contributed by atoms with van der Waals surface area (Å²) in [4.78, 5) is 4.59. The highest BCUT2D eigenvalue weighted by Gasteiger charge is 2.11. The van der Waals surface area contributed by atoms with Crippen molar-refractivity contribution in [2.75, 3.05) is 13.1 Å². The van der Waals surface area contributed by atoms with Crippen molar-refractivity contribution in [3.8, 4) is 0 Å². The average molecular weight is 503 g/mol. The second kappa shape index (κ2) is 12.0. The maximum atomic E-state index is 6.30. The van der Waals surface area contributed by atoms with Crippen LogP contribution in [0.25, 0.3) is 0 Å². The number of guanidine groups is 1. The molecule has 0 saturated heterocycles. The lowest BCUT2D eigenvalue weighted by molar-refractivity contribution is 0.620. The van der Waals surface area contributed by atoms with Gasteiger partial charge < -0.3 is 15.2 Å². The Balaban J connectivity index is 0.00000364. The first-order valence-electron chi connectivity index (χ1n) is 8.81. The monoisotopic (exact) mass is 502 g/mol. The fourth-order valence-corrected chi connectivity index (χ4v) is 2.81. The number of halogens is 2. The van der Waals surface area contributed by atoms with Gasteiger partial charge in [0, 0.05) is 24.5 Å². The number of aliphatic imine (C=N–C) groups is 1. The van der Waals surface area contributed by atoms with E-state index >= 15 is 0 Å². The van der Waals surface area contributed by atoms with E-state index in [-0.39, 0.29) is 30.0 Å². The largest absolute Gasteiger partial charge is 0.355 e. The van der Waals surface area contributed by atoms with E-state index in [1.807, 2.05) is 35.8 Å². The normalized spacial score (nSPS) is 12.2. The van der Waals surface area contributed by atoms with E-state index in [2.05, 4.69) is 46.2 Å². The van der Waals surface area contributed by atoms with E-state index in [9.17, 15) is 0 Å². The number of hydrogen-bond donors (Lipinski definition) is 2. The van der Waals surface area contributed by atoms with Gasteiger partial charge in [-0.25, -0.2) is 4.99 Å². The first-order valence-corrected chi connectivity index (χ1v) is 9.19. The molecule has 0 aliphatic carbocycles. The Kier molecular flexibility index (Phi) is 10.4. The number of hydrogen-bond acceptors (Lipinski definition) is 3. The molecule has 1 aromatic carbocycles. The second-order valence-electron chi connectivity index (χ2n) is 6.23. The molecule has 1 aromatic heterocycles. The van der Waals surface area contributed by atoms with Gasteiger partial charge in [0.2, 0.25) is 0 Å². The maximum absolute atomic E-state index is 6.30. The van der Waals surface area contributed by atoms with Crippen LogP contribution in [0, 0.1) is 0 Å². The van der Waals surface area contributed by atoms with E-state index in [0.717, 1.165) is 40.9 Å². The van der Waals surface area contributed by atoms with Crippen molar-refractivity contribution < 1.29 is 0 Å². The van der Waals surface area contributed by atoms with Crippen molar-refractivity contribution in [3.05, 3.63) is 59.2 Å². The smallest absolute Gasteiger partial charge is 0.192 e. The molecule has 1 atom stereocenters. The molecule has 0 saturated carbocycles. The van der Waals surface area contributed by atoms with Gasteiger partial charge in [-0.1, -0.05) is 48.9 Å². The highest BCUT2D eigenvalue weighted by Crippen LogP contribution is 2.21. The Morgan fingerprint density at radius 3 is 2.78 bits per heavy atom. The first-order chi connectivity index (χ1) is 12.5. The molecular weight excluding hydrogens is 475 g/mol. The van der Waals surface area contributed by atoms with Crippen molar-refractivity contribution >= 4 is 41.5 Å². The molecule has 6 nitrogen and oxygen atoms in total. The van der Waals surface area contributed by atoms with Crippen LogP contribution in [0.4, 0.5) is 0 Å². The highest BCUT2D eigenvalue weighted by molar-refractivity contribution is 14.0. The van der Waals surface area contributed by atoms with Crippen molar-refractivity contribution in [1.29, 1.82) is 0 Å². The summed E-state index contributed by atoms with van der Waals surface area (Å²) in [6.45, 7) is 12.1. The fraction of sp³-hybridized carbons (Fsp3) is 0.421. The zero-order valence-electron chi connectivity index (χ0n) is 16.1. The lowest BCUT2D eigenvalue weighted by Gasteiger charge is -2.20. The molecular formula is C19H28ClIN6. The summed E-state index contributed by atoms with van der Waals surface area (Å²) in [7, 11) is 0. The Hall–Kier alpha value is -1.61. The van der Waals surface area contributed by atoms with Crippen LogP contribution in [0.2, 0.25) is 5.02 Å². The summed E-state index contributed by atoms with van der Waals surface area (Å²) in [6, 6.07) is 7.85. The van der Waals surface area contributed by atoms with Crippen LogP contribution in [-0.2, 0) is 13.0 Å². The summed E-state index contributed by atoms with van der Waals surface area (Å²) in [5.74, 6) is 1.70. The van der Waals surface area contributed by atoms with Crippen molar-refractivity contribution in [3.63, 3.8) is 0 Å². The molecule has 0 aliphatic heterocycles. The summed E-state index contributed by atoms with van der Waals surface area (Å²) in [5.41, 5.74) is 2.04. The second-order valence-corrected chi connectivity index (χ2v) is 6.64. The third kappa shape index (κ3) is 7.50. The van der Waals surface area contributed by atoms with Crippen LogP contribution in [0.15, 0.2) is 47.7 Å². The SMILES string of the molecule is C=C(C)CN=C(NCCn1cnnc1CC)NC(C)c1ccccc1Cl.I. The Bertz CT molecular complexity index is 758. The Labute approximate surface area is 183 Å². The quantitative estimate of drug-likeness (QED) is 0.248. The van der Waals surface area contributed by atoms with Gasteiger partial charge in [-0.2, -0.15) is 0 Å². The van der Waals surface area contributed by atoms with Crippen LogP contribution < -0.4 is 10.6 Å². The lowest BCUT2D eigenvalue weighted by Crippen LogP contribution is -2.40. The van der Waals surface area contributed by atoms with Crippen LogP contribution in [0.5, 0.6) is 0 Å². The number of nitrogens with zero attached hydrogens (tertiary/aromatic N) is 4. The van der Waals surface area contributed by atoms with Gasteiger partial charge in [0.15, 0.2) is 5.96 Å². The first kappa shape index (κ1) is 23.4. The topological polar surface area (TPSA) is 67.1 Å². The molecule has 0 radical (unpaired) electrons. The molecule has 0 aliphatic rings. The minimum atomic E-state index is 0. The number of aromatic nitrogens is 3. The van der Waals surface area contributed by atoms with Gasteiger partial charge in [-0.15, -0.1) is 34.2 Å². The molecule has 27 heavy (non-hydrogen) atoms. The predicted molar refractivity (Wildman–Crippen MR) is 123 cm³/mol. The van der Waals surface area contributed by atoms with Crippen molar-refractivity contribution in [1.82, 2.24) is 25.4 Å². The van der Waals surface area contributed by atoms with Gasteiger partial charge >= 0.3 is 0 Å². The third-order valence-electron chi connectivity index (χ3n) is 3.89. The van der Waals surface area contributed by atoms with E-state index < -0.39 is 0 Å². The summed E-state index contributed by atoms with van der Waals surface area (Å²) in [6.07, 6.45) is 2.61. The van der Waals surface area contributed by atoms with E-state index in [1.165, 1.54) is 0 Å². The lowest BCUT2D eigenvalue weighted by atomic mass is 10.1. The molecule has 148 valence electrons. The molecule has 1 heterocycles. The minimum Gasteiger partial charge on any atom is -0.355 e. The van der Waals surface area contributed by atoms with Gasteiger partial charge in [-0.05, 0) is 25.5 Å². The number of benzene rings is 1. The van der Waals surface area contributed by atoms with Gasteiger partial charge in [-0.3, -0.25) is 0 Å². The maximum Gasteiger partial charge on any atom is 0.192 e. The molecule has 0 spiro atoms. The highest BCUT2D eigenvalue weighted by atomic mass is 127. The zero-order valence-corrected chi connectivity index (χ0v) is 19.2. The van der Waals surface area contributed by atoms with Crippen LogP contribution >= 0.6 is 35.6 Å². The predicted octanol–water partition coefficient (Wildman–Crippen LogP) is 3.98. The standard InChI is InChI=1S/C19H27ClN6.HI/c1-5-18-25-23-13-26(18)11-10-21-19(22-12-14(2)3)24-15(4)16-8-6-7-9-17(16)20;/h6-9,13,15H,2,5,10-12H2,1,3-4H3,(H2,21,22,24);1H. The summed E-state index contributed by atoms with van der Waals surface area (Å²) < 4.78 is 2.04. The molecule has 2 aromatic rings. The van der Waals surface area contributed by atoms with Gasteiger partial charge in [0.25, 0.3) is 0 Å². The van der Waals surface area contributed by atoms with E-state index in [1.54, 1.807) is 6.33 Å². The molecule has 0 bridgehead atoms. The van der Waals surface area contributed by atoms with E-state index in [0.29, 0.717) is 13.1 Å². The van der Waals surface area contributed by atoms with E-state index in [4.69, 9.17) is 11.6 Å². The van der Waals surface area contributed by atoms with Crippen LogP contribution in [-0.4, -0.2) is 33.8 Å². The molecule has 0 amide bonds. The number of nitrogens with one attached hydrogen (secondary N) is 2. The molecule has 0 fully saturated rings. The van der Waals surface area contributed by atoms with Crippen molar-refractivity contribution in [2.24, 2.45) is 4.99 Å². The van der Waals surface area contributed by atoms with Crippen LogP contribution in [0.1, 0.15) is 38.2 Å². The zero-order chi connectivity index (χ0) is 18.9. The minimum absolute atomic E-state index is 0. The number of aryl methyl sites for hydroxylation is 1.